The summed E-state index contributed by atoms with van der Waals surface area (Å²) in [5.74, 6) is 0.372. The molecule has 4 aromatic heterocycles. The first-order valence-electron chi connectivity index (χ1n) is 11.8. The molecule has 2 amide bonds. The van der Waals surface area contributed by atoms with E-state index in [9.17, 15) is 9.59 Å². The van der Waals surface area contributed by atoms with Crippen molar-refractivity contribution in [2.45, 2.75) is 26.2 Å². The van der Waals surface area contributed by atoms with Crippen LogP contribution in [0.1, 0.15) is 35.4 Å². The number of nitrogens with two attached hydrogens (primary N) is 1. The molecule has 1 atom stereocenters. The van der Waals surface area contributed by atoms with Gasteiger partial charge in [-0.2, -0.15) is 0 Å². The van der Waals surface area contributed by atoms with Gasteiger partial charge >= 0.3 is 6.03 Å². The molecule has 0 spiro atoms. The van der Waals surface area contributed by atoms with E-state index in [0.29, 0.717) is 30.9 Å². The standard InChI is InChI=1S/C25H28N8O3/c1-15-12-28-19-7-5-17(14-33(15)19)20-22(24-27-9-11-36-24)30-23(26)21(29-20)18(34)6-4-16-8-10-32(13-16)25(35)31(2)3/h5,7,9,11-12,14,16H,4,6,8,10,13H2,1-3H3,(H2,26,30)/t16-/m1/s1. The summed E-state index contributed by atoms with van der Waals surface area (Å²) in [7, 11) is 3.48. The Morgan fingerprint density at radius 1 is 1.19 bits per heavy atom. The van der Waals surface area contributed by atoms with Crippen molar-refractivity contribution in [1.29, 1.82) is 0 Å². The summed E-state index contributed by atoms with van der Waals surface area (Å²) in [4.78, 5) is 46.6. The lowest BCUT2D eigenvalue weighted by Crippen LogP contribution is -2.37. The van der Waals surface area contributed by atoms with E-state index in [0.717, 1.165) is 23.3 Å². The Balaban J connectivity index is 1.43. The molecule has 5 heterocycles. The number of Topliss-reactive ketones (excluding diaryl/α,β-unsaturated/α-hetero) is 1. The monoisotopic (exact) mass is 488 g/mol. The fourth-order valence-electron chi connectivity index (χ4n) is 4.57. The van der Waals surface area contributed by atoms with Crippen LogP contribution in [0, 0.1) is 12.8 Å². The number of fused-ring (bicyclic) bond motifs is 1. The molecule has 11 heteroatoms. The molecular weight excluding hydrogens is 460 g/mol. The average Bonchev–Trinajstić information content (AvgIpc) is 3.63. The molecule has 1 aliphatic rings. The largest absolute Gasteiger partial charge is 0.443 e. The highest BCUT2D eigenvalue weighted by molar-refractivity contribution is 5.99. The van der Waals surface area contributed by atoms with Gasteiger partial charge in [0.1, 0.15) is 23.3 Å². The minimum Gasteiger partial charge on any atom is -0.443 e. The van der Waals surface area contributed by atoms with Crippen LogP contribution < -0.4 is 5.73 Å². The highest BCUT2D eigenvalue weighted by Gasteiger charge is 2.28. The Morgan fingerprint density at radius 2 is 2.03 bits per heavy atom. The van der Waals surface area contributed by atoms with Gasteiger partial charge in [0.25, 0.3) is 0 Å². The van der Waals surface area contributed by atoms with Gasteiger partial charge in [-0.3, -0.25) is 4.79 Å². The number of oxazole rings is 1. The van der Waals surface area contributed by atoms with Crippen LogP contribution in [0.2, 0.25) is 0 Å². The molecule has 0 bridgehead atoms. The van der Waals surface area contributed by atoms with E-state index in [4.69, 9.17) is 10.2 Å². The quantitative estimate of drug-likeness (QED) is 0.408. The number of rotatable bonds is 6. The summed E-state index contributed by atoms with van der Waals surface area (Å²) < 4.78 is 7.43. The van der Waals surface area contributed by atoms with Crippen molar-refractivity contribution in [3.05, 3.63) is 48.4 Å². The van der Waals surface area contributed by atoms with Crippen molar-refractivity contribution in [3.63, 3.8) is 0 Å². The van der Waals surface area contributed by atoms with E-state index in [-0.39, 0.29) is 41.6 Å². The smallest absolute Gasteiger partial charge is 0.319 e. The van der Waals surface area contributed by atoms with Crippen molar-refractivity contribution in [2.24, 2.45) is 5.92 Å². The van der Waals surface area contributed by atoms with Crippen LogP contribution in [0.15, 0.2) is 41.4 Å². The fraction of sp³-hybridized carbons (Fsp3) is 0.360. The Kier molecular flexibility index (Phi) is 6.13. The van der Waals surface area contributed by atoms with Gasteiger partial charge in [0.2, 0.25) is 5.89 Å². The minimum atomic E-state index is -0.183. The molecule has 4 aromatic rings. The molecule has 2 N–H and O–H groups in total. The summed E-state index contributed by atoms with van der Waals surface area (Å²) in [5.41, 5.74) is 9.64. The number of nitrogens with zero attached hydrogens (tertiary/aromatic N) is 7. The maximum Gasteiger partial charge on any atom is 0.319 e. The van der Waals surface area contributed by atoms with Gasteiger partial charge in [0, 0.05) is 57.3 Å². The molecule has 1 saturated heterocycles. The maximum atomic E-state index is 13.2. The number of nitrogen functional groups attached to an aromatic ring is 1. The van der Waals surface area contributed by atoms with Crippen LogP contribution in [0.4, 0.5) is 10.6 Å². The summed E-state index contributed by atoms with van der Waals surface area (Å²) in [6, 6.07) is 3.75. The third-order valence-corrected chi connectivity index (χ3v) is 6.50. The van der Waals surface area contributed by atoms with E-state index in [1.807, 2.05) is 34.6 Å². The predicted molar refractivity (Wildman–Crippen MR) is 133 cm³/mol. The van der Waals surface area contributed by atoms with E-state index in [1.54, 1.807) is 25.2 Å². The molecule has 5 rings (SSSR count). The number of anilines is 1. The van der Waals surface area contributed by atoms with Gasteiger partial charge in [-0.05, 0) is 37.8 Å². The maximum absolute atomic E-state index is 13.2. The number of hydrogen-bond acceptors (Lipinski definition) is 8. The van der Waals surface area contributed by atoms with Crippen LogP contribution in [-0.4, -0.2) is 73.1 Å². The molecule has 186 valence electrons. The number of hydrogen-bond donors (Lipinski definition) is 1. The highest BCUT2D eigenvalue weighted by atomic mass is 16.3. The average molecular weight is 489 g/mol. The number of carbonyl (C=O) groups is 2. The predicted octanol–water partition coefficient (Wildman–Crippen LogP) is 3.30. The summed E-state index contributed by atoms with van der Waals surface area (Å²) in [6.07, 6.45) is 8.43. The second kappa shape index (κ2) is 9.40. The van der Waals surface area contributed by atoms with E-state index < -0.39 is 0 Å². The number of aromatic nitrogens is 5. The first-order valence-corrected chi connectivity index (χ1v) is 11.8. The van der Waals surface area contributed by atoms with E-state index >= 15 is 0 Å². The fourth-order valence-corrected chi connectivity index (χ4v) is 4.57. The van der Waals surface area contributed by atoms with Crippen molar-refractivity contribution in [2.75, 3.05) is 32.9 Å². The second-order valence-corrected chi connectivity index (χ2v) is 9.28. The molecule has 0 unspecified atom stereocenters. The van der Waals surface area contributed by atoms with Crippen molar-refractivity contribution < 1.29 is 14.0 Å². The molecule has 0 aromatic carbocycles. The van der Waals surface area contributed by atoms with Crippen LogP contribution in [-0.2, 0) is 0 Å². The lowest BCUT2D eigenvalue weighted by Gasteiger charge is -2.21. The first kappa shape index (κ1) is 23.5. The molecule has 1 aliphatic heterocycles. The number of pyridine rings is 1. The van der Waals surface area contributed by atoms with Crippen LogP contribution in [0.3, 0.4) is 0 Å². The van der Waals surface area contributed by atoms with Gasteiger partial charge in [-0.15, -0.1) is 0 Å². The van der Waals surface area contributed by atoms with Gasteiger partial charge < -0.3 is 24.4 Å². The van der Waals surface area contributed by atoms with Crippen LogP contribution >= 0.6 is 0 Å². The zero-order valence-electron chi connectivity index (χ0n) is 20.5. The highest BCUT2D eigenvalue weighted by Crippen LogP contribution is 2.31. The summed E-state index contributed by atoms with van der Waals surface area (Å²) in [6.45, 7) is 3.30. The number of urea groups is 1. The number of carbonyl (C=O) groups excluding carboxylic acids is 2. The summed E-state index contributed by atoms with van der Waals surface area (Å²) >= 11 is 0. The number of amides is 2. The van der Waals surface area contributed by atoms with Gasteiger partial charge in [0.05, 0.1) is 6.20 Å². The lowest BCUT2D eigenvalue weighted by atomic mass is 9.99. The molecule has 36 heavy (non-hydrogen) atoms. The zero-order valence-corrected chi connectivity index (χ0v) is 20.5. The Labute approximate surface area is 208 Å². The first-order chi connectivity index (χ1) is 17.3. The van der Waals surface area contributed by atoms with Gasteiger partial charge in [0.15, 0.2) is 17.3 Å². The number of likely N-dealkylation sites (tertiary alicyclic amines) is 1. The van der Waals surface area contributed by atoms with Crippen molar-refractivity contribution in [3.8, 4) is 22.8 Å². The third kappa shape index (κ3) is 4.39. The topological polar surface area (TPSA) is 136 Å². The van der Waals surface area contributed by atoms with E-state index in [1.165, 1.54) is 12.5 Å². The zero-order chi connectivity index (χ0) is 25.4. The number of ketones is 1. The van der Waals surface area contributed by atoms with Crippen molar-refractivity contribution in [1.82, 2.24) is 34.1 Å². The normalized spacial score (nSPS) is 15.5. The summed E-state index contributed by atoms with van der Waals surface area (Å²) in [5, 5.41) is 0. The third-order valence-electron chi connectivity index (χ3n) is 6.50. The Bertz CT molecular complexity index is 1430. The molecule has 0 radical (unpaired) electrons. The number of aryl methyl sites for hydroxylation is 1. The molecule has 0 saturated carbocycles. The molecule has 11 nitrogen and oxygen atoms in total. The Morgan fingerprint density at radius 3 is 2.78 bits per heavy atom. The molecular formula is C25H28N8O3. The van der Waals surface area contributed by atoms with Gasteiger partial charge in [-0.1, -0.05) is 0 Å². The van der Waals surface area contributed by atoms with Crippen molar-refractivity contribution >= 4 is 23.3 Å². The SMILES string of the molecule is Cc1cnc2ccc(-c3nc(C(=O)CC[C@@H]4CCN(C(=O)N(C)C)C4)c(N)nc3-c3ncco3)cn12. The van der Waals surface area contributed by atoms with E-state index in [2.05, 4.69) is 19.9 Å². The van der Waals surface area contributed by atoms with Crippen LogP contribution in [0.25, 0.3) is 28.5 Å². The molecule has 0 aliphatic carbocycles. The van der Waals surface area contributed by atoms with Crippen LogP contribution in [0.5, 0.6) is 0 Å². The molecule has 1 fully saturated rings. The second-order valence-electron chi connectivity index (χ2n) is 9.28. The Hall–Kier alpha value is -4.28. The number of imidazole rings is 1. The van der Waals surface area contributed by atoms with Gasteiger partial charge in [-0.25, -0.2) is 24.7 Å². The lowest BCUT2D eigenvalue weighted by molar-refractivity contribution is 0.0970. The minimum absolute atomic E-state index is 0.00389.